The van der Waals surface area contributed by atoms with Crippen molar-refractivity contribution in [2.75, 3.05) is 20.3 Å². The molecule has 1 aliphatic rings. The van der Waals surface area contributed by atoms with Crippen molar-refractivity contribution < 1.29 is 19.0 Å². The second-order valence-corrected chi connectivity index (χ2v) is 10.4. The second kappa shape index (κ2) is 12.2. The number of allylic oxidation sites excluding steroid dienone is 1. The maximum atomic E-state index is 13.7. The summed E-state index contributed by atoms with van der Waals surface area (Å²) < 4.78 is 19.1. The van der Waals surface area contributed by atoms with Crippen LogP contribution in [0.2, 0.25) is 0 Å². The standard InChI is InChI=1S/C28H30N2O5S2/c1-5-7-8-14-34-21-12-11-19(16-22(21)33-4)25-24(27(32)35-13-6-2)18(3)29-28-30(25)26(31)23(37-28)17-20-10-9-15-36-20/h6,9-12,15-17,25H,2,5,7-8,13-14H2,1,3-4H3. The normalized spacial score (nSPS) is 15.2. The zero-order valence-electron chi connectivity index (χ0n) is 21.2. The molecule has 1 aliphatic heterocycles. The Kier molecular flexibility index (Phi) is 8.78. The minimum absolute atomic E-state index is 0.0546. The van der Waals surface area contributed by atoms with Gasteiger partial charge in [-0.05, 0) is 48.6 Å². The van der Waals surface area contributed by atoms with Gasteiger partial charge in [-0.1, -0.05) is 55.9 Å². The number of esters is 1. The van der Waals surface area contributed by atoms with E-state index >= 15 is 0 Å². The summed E-state index contributed by atoms with van der Waals surface area (Å²) in [6.45, 7) is 8.17. The predicted octanol–water partition coefficient (Wildman–Crippen LogP) is 4.60. The zero-order valence-corrected chi connectivity index (χ0v) is 22.8. The molecule has 0 saturated heterocycles. The van der Waals surface area contributed by atoms with Crippen LogP contribution in [0, 0.1) is 0 Å². The summed E-state index contributed by atoms with van der Waals surface area (Å²) >= 11 is 2.85. The van der Waals surface area contributed by atoms with Crippen LogP contribution in [-0.2, 0) is 9.53 Å². The number of fused-ring (bicyclic) bond motifs is 1. The van der Waals surface area contributed by atoms with Gasteiger partial charge >= 0.3 is 5.97 Å². The molecule has 9 heteroatoms. The summed E-state index contributed by atoms with van der Waals surface area (Å²) in [6.07, 6.45) is 6.50. The van der Waals surface area contributed by atoms with Gasteiger partial charge in [0.1, 0.15) is 6.61 Å². The van der Waals surface area contributed by atoms with E-state index in [4.69, 9.17) is 14.2 Å². The first-order chi connectivity index (χ1) is 18.0. The van der Waals surface area contributed by atoms with Crippen molar-refractivity contribution in [2.24, 2.45) is 4.99 Å². The lowest BCUT2D eigenvalue weighted by Gasteiger charge is -2.25. The van der Waals surface area contributed by atoms with Crippen molar-refractivity contribution >= 4 is 34.7 Å². The molecule has 194 valence electrons. The molecule has 2 aromatic heterocycles. The Labute approximate surface area is 223 Å². The van der Waals surface area contributed by atoms with Crippen LogP contribution < -0.4 is 24.4 Å². The molecule has 0 fully saturated rings. The SMILES string of the molecule is C=CCOC(=O)C1=C(C)N=c2sc(=Cc3cccs3)c(=O)n2C1c1ccc(OCCCCC)c(OC)c1. The third-order valence-corrected chi connectivity index (χ3v) is 7.70. The molecule has 3 aromatic rings. The molecular formula is C28H30N2O5S2. The van der Waals surface area contributed by atoms with Crippen LogP contribution in [0.4, 0.5) is 0 Å². The fourth-order valence-corrected chi connectivity index (χ4v) is 5.89. The largest absolute Gasteiger partial charge is 0.493 e. The number of ether oxygens (including phenoxy) is 3. The van der Waals surface area contributed by atoms with E-state index in [1.807, 2.05) is 41.8 Å². The number of hydrogen-bond acceptors (Lipinski definition) is 8. The molecule has 1 aromatic carbocycles. The molecule has 0 bridgehead atoms. The first-order valence-corrected chi connectivity index (χ1v) is 13.8. The molecule has 37 heavy (non-hydrogen) atoms. The minimum atomic E-state index is -0.734. The molecule has 7 nitrogen and oxygen atoms in total. The summed E-state index contributed by atoms with van der Waals surface area (Å²) in [5.74, 6) is 0.602. The number of benzene rings is 1. The van der Waals surface area contributed by atoms with E-state index in [0.717, 1.165) is 24.1 Å². The van der Waals surface area contributed by atoms with Crippen LogP contribution in [0.5, 0.6) is 11.5 Å². The van der Waals surface area contributed by atoms with Crippen molar-refractivity contribution in [3.05, 3.63) is 89.8 Å². The Morgan fingerprint density at radius 1 is 1.24 bits per heavy atom. The van der Waals surface area contributed by atoms with Gasteiger partial charge < -0.3 is 14.2 Å². The van der Waals surface area contributed by atoms with Crippen molar-refractivity contribution in [3.63, 3.8) is 0 Å². The fraction of sp³-hybridized carbons (Fsp3) is 0.321. The topological polar surface area (TPSA) is 79.1 Å². The van der Waals surface area contributed by atoms with Gasteiger partial charge in [0.2, 0.25) is 0 Å². The van der Waals surface area contributed by atoms with Crippen LogP contribution in [0.15, 0.2) is 69.4 Å². The minimum Gasteiger partial charge on any atom is -0.493 e. The molecule has 0 aliphatic carbocycles. The van der Waals surface area contributed by atoms with Gasteiger partial charge in [-0.25, -0.2) is 9.79 Å². The number of thiophene rings is 1. The highest BCUT2D eigenvalue weighted by Gasteiger charge is 2.34. The summed E-state index contributed by atoms with van der Waals surface area (Å²) in [5, 5.41) is 1.96. The van der Waals surface area contributed by atoms with Crippen molar-refractivity contribution in [3.8, 4) is 11.5 Å². The second-order valence-electron chi connectivity index (χ2n) is 8.45. The highest BCUT2D eigenvalue weighted by molar-refractivity contribution is 7.11. The predicted molar refractivity (Wildman–Crippen MR) is 147 cm³/mol. The summed E-state index contributed by atoms with van der Waals surface area (Å²) in [5.41, 5.74) is 1.28. The molecular weight excluding hydrogens is 508 g/mol. The van der Waals surface area contributed by atoms with E-state index in [9.17, 15) is 9.59 Å². The fourth-order valence-electron chi connectivity index (χ4n) is 4.12. The van der Waals surface area contributed by atoms with Crippen LogP contribution in [0.3, 0.4) is 0 Å². The number of nitrogens with zero attached hydrogens (tertiary/aromatic N) is 2. The van der Waals surface area contributed by atoms with E-state index < -0.39 is 12.0 Å². The zero-order chi connectivity index (χ0) is 26.4. The van der Waals surface area contributed by atoms with E-state index in [2.05, 4.69) is 18.5 Å². The Morgan fingerprint density at radius 3 is 2.78 bits per heavy atom. The average molecular weight is 539 g/mol. The monoisotopic (exact) mass is 538 g/mol. The number of thiazole rings is 1. The summed E-state index contributed by atoms with van der Waals surface area (Å²) in [7, 11) is 1.57. The number of unbranched alkanes of at least 4 members (excludes halogenated alkanes) is 2. The van der Waals surface area contributed by atoms with Gasteiger partial charge in [-0.15, -0.1) is 11.3 Å². The Morgan fingerprint density at radius 2 is 2.08 bits per heavy atom. The van der Waals surface area contributed by atoms with Gasteiger partial charge in [0.15, 0.2) is 16.3 Å². The molecule has 0 N–H and O–H groups in total. The number of aromatic nitrogens is 1. The van der Waals surface area contributed by atoms with Crippen LogP contribution >= 0.6 is 22.7 Å². The van der Waals surface area contributed by atoms with Crippen molar-refractivity contribution in [1.82, 2.24) is 4.57 Å². The summed E-state index contributed by atoms with van der Waals surface area (Å²) in [6, 6.07) is 8.65. The number of methoxy groups -OCH3 is 1. The van der Waals surface area contributed by atoms with Gasteiger partial charge in [-0.3, -0.25) is 9.36 Å². The highest BCUT2D eigenvalue weighted by Crippen LogP contribution is 2.36. The molecule has 1 unspecified atom stereocenters. The van der Waals surface area contributed by atoms with Crippen LogP contribution in [-0.4, -0.2) is 30.9 Å². The van der Waals surface area contributed by atoms with Gasteiger partial charge in [0, 0.05) is 4.88 Å². The highest BCUT2D eigenvalue weighted by atomic mass is 32.1. The maximum absolute atomic E-state index is 13.7. The quantitative estimate of drug-likeness (QED) is 0.203. The first-order valence-electron chi connectivity index (χ1n) is 12.1. The van der Waals surface area contributed by atoms with E-state index in [1.165, 1.54) is 17.4 Å². The lowest BCUT2D eigenvalue weighted by molar-refractivity contribution is -0.138. The van der Waals surface area contributed by atoms with Gasteiger partial charge in [0.25, 0.3) is 5.56 Å². The summed E-state index contributed by atoms with van der Waals surface area (Å²) in [4.78, 5) is 33.0. The average Bonchev–Trinajstić information content (AvgIpc) is 3.52. The third kappa shape index (κ3) is 5.78. The maximum Gasteiger partial charge on any atom is 0.338 e. The van der Waals surface area contributed by atoms with Gasteiger partial charge in [0.05, 0.1) is 35.6 Å². The number of rotatable bonds is 11. The van der Waals surface area contributed by atoms with E-state index in [1.54, 1.807) is 29.9 Å². The number of hydrogen-bond donors (Lipinski definition) is 0. The molecule has 0 radical (unpaired) electrons. The Hall–Kier alpha value is -3.43. The molecule has 4 rings (SSSR count). The lowest BCUT2D eigenvalue weighted by Crippen LogP contribution is -2.40. The van der Waals surface area contributed by atoms with Crippen LogP contribution in [0.25, 0.3) is 6.08 Å². The first kappa shape index (κ1) is 26.6. The van der Waals surface area contributed by atoms with Crippen LogP contribution in [0.1, 0.15) is 49.6 Å². The number of carbonyl (C=O) groups is 1. The molecule has 0 amide bonds. The number of carbonyl (C=O) groups excluding carboxylic acids is 1. The lowest BCUT2D eigenvalue weighted by atomic mass is 9.95. The Bertz CT molecular complexity index is 1480. The van der Waals surface area contributed by atoms with Gasteiger partial charge in [-0.2, -0.15) is 0 Å². The molecule has 3 heterocycles. The molecule has 0 spiro atoms. The van der Waals surface area contributed by atoms with Crippen molar-refractivity contribution in [1.29, 1.82) is 0 Å². The van der Waals surface area contributed by atoms with E-state index in [-0.39, 0.29) is 12.2 Å². The molecule has 0 saturated carbocycles. The van der Waals surface area contributed by atoms with E-state index in [0.29, 0.717) is 44.3 Å². The Balaban J connectivity index is 1.84. The third-order valence-electron chi connectivity index (χ3n) is 5.90. The smallest absolute Gasteiger partial charge is 0.338 e. The van der Waals surface area contributed by atoms with Crippen molar-refractivity contribution in [2.45, 2.75) is 39.2 Å². The molecule has 1 atom stereocenters.